The molecule has 1 aliphatic rings. The van der Waals surface area contributed by atoms with Gasteiger partial charge in [-0.2, -0.15) is 0 Å². The van der Waals surface area contributed by atoms with Crippen LogP contribution in [0.1, 0.15) is 19.8 Å². The van der Waals surface area contributed by atoms with Crippen LogP contribution in [0.15, 0.2) is 0 Å². The molecule has 1 aliphatic heterocycles. The van der Waals surface area contributed by atoms with Crippen molar-refractivity contribution in [1.29, 1.82) is 0 Å². The van der Waals surface area contributed by atoms with Gasteiger partial charge in [0, 0.05) is 46.0 Å². The Morgan fingerprint density at radius 1 is 1.38 bits per heavy atom. The van der Waals surface area contributed by atoms with Gasteiger partial charge in [0.1, 0.15) is 0 Å². The Hall–Kier alpha value is -0.160. The topological polar surface area (TPSA) is 33.7 Å². The largest absolute Gasteiger partial charge is 0.385 e. The van der Waals surface area contributed by atoms with Crippen molar-refractivity contribution in [2.75, 3.05) is 53.1 Å². The molecular weight excluding hydrogens is 204 g/mol. The molecule has 4 nitrogen and oxygen atoms in total. The highest BCUT2D eigenvalue weighted by Crippen LogP contribution is 2.03. The Labute approximate surface area is 99.3 Å². The number of nitrogens with zero attached hydrogens (tertiary/aromatic N) is 1. The Kier molecular flexibility index (Phi) is 7.76. The van der Waals surface area contributed by atoms with E-state index in [9.17, 15) is 0 Å². The first-order chi connectivity index (χ1) is 7.84. The second-order valence-electron chi connectivity index (χ2n) is 4.40. The van der Waals surface area contributed by atoms with Crippen molar-refractivity contribution >= 4 is 0 Å². The Morgan fingerprint density at radius 2 is 2.25 bits per heavy atom. The number of methoxy groups -OCH3 is 1. The summed E-state index contributed by atoms with van der Waals surface area (Å²) < 4.78 is 10.5. The number of ether oxygens (including phenoxy) is 2. The van der Waals surface area contributed by atoms with Crippen LogP contribution in [0, 0.1) is 0 Å². The third-order valence-electron chi connectivity index (χ3n) is 3.02. The molecule has 0 aromatic heterocycles. The molecule has 0 saturated carbocycles. The number of hydrogen-bond donors (Lipinski definition) is 1. The maximum Gasteiger partial charge on any atom is 0.0593 e. The van der Waals surface area contributed by atoms with Crippen LogP contribution in [0.2, 0.25) is 0 Å². The minimum Gasteiger partial charge on any atom is -0.385 e. The molecule has 0 aromatic carbocycles. The average molecular weight is 230 g/mol. The number of nitrogens with one attached hydrogen (secondary N) is 1. The highest BCUT2D eigenvalue weighted by atomic mass is 16.5. The van der Waals surface area contributed by atoms with Gasteiger partial charge in [0.25, 0.3) is 0 Å². The van der Waals surface area contributed by atoms with E-state index in [4.69, 9.17) is 9.47 Å². The second kappa shape index (κ2) is 8.93. The van der Waals surface area contributed by atoms with Crippen molar-refractivity contribution in [2.45, 2.75) is 25.8 Å². The maximum atomic E-state index is 5.45. The molecule has 0 spiro atoms. The van der Waals surface area contributed by atoms with Crippen molar-refractivity contribution in [3.8, 4) is 0 Å². The molecule has 1 unspecified atom stereocenters. The molecule has 0 aliphatic carbocycles. The van der Waals surface area contributed by atoms with E-state index in [1.165, 1.54) is 6.54 Å². The SMILES string of the molecule is COCCCNCC(C)N1CCCOCC1. The van der Waals surface area contributed by atoms with Crippen molar-refractivity contribution in [3.05, 3.63) is 0 Å². The first-order valence-electron chi connectivity index (χ1n) is 6.36. The van der Waals surface area contributed by atoms with Crippen molar-refractivity contribution in [2.24, 2.45) is 0 Å². The number of hydrogen-bond acceptors (Lipinski definition) is 4. The lowest BCUT2D eigenvalue weighted by atomic mass is 10.2. The predicted octanol–water partition coefficient (Wildman–Crippen LogP) is 0.723. The van der Waals surface area contributed by atoms with E-state index in [1.54, 1.807) is 7.11 Å². The smallest absolute Gasteiger partial charge is 0.0593 e. The summed E-state index contributed by atoms with van der Waals surface area (Å²) in [6.45, 7) is 9.28. The summed E-state index contributed by atoms with van der Waals surface area (Å²) in [5.41, 5.74) is 0. The van der Waals surface area contributed by atoms with Gasteiger partial charge in [0.2, 0.25) is 0 Å². The molecule has 0 bridgehead atoms. The van der Waals surface area contributed by atoms with E-state index in [0.717, 1.165) is 52.3 Å². The van der Waals surface area contributed by atoms with Gasteiger partial charge in [-0.15, -0.1) is 0 Å². The molecule has 1 atom stereocenters. The average Bonchev–Trinajstić information content (AvgIpc) is 2.57. The normalized spacial score (nSPS) is 20.6. The first kappa shape index (κ1) is 13.9. The molecule has 16 heavy (non-hydrogen) atoms. The molecule has 1 heterocycles. The second-order valence-corrected chi connectivity index (χ2v) is 4.40. The fourth-order valence-corrected chi connectivity index (χ4v) is 1.99. The van der Waals surface area contributed by atoms with Gasteiger partial charge in [-0.1, -0.05) is 0 Å². The standard InChI is InChI=1S/C12H26N2O2/c1-12(11-13-5-3-8-15-2)14-6-4-9-16-10-7-14/h12-13H,3-11H2,1-2H3. The zero-order valence-corrected chi connectivity index (χ0v) is 10.7. The van der Waals surface area contributed by atoms with E-state index in [2.05, 4.69) is 17.1 Å². The Balaban J connectivity index is 2.05. The van der Waals surface area contributed by atoms with E-state index in [1.807, 2.05) is 0 Å². The summed E-state index contributed by atoms with van der Waals surface area (Å²) in [6, 6.07) is 0.601. The predicted molar refractivity (Wildman–Crippen MR) is 65.8 cm³/mol. The van der Waals surface area contributed by atoms with Crippen LogP contribution >= 0.6 is 0 Å². The monoisotopic (exact) mass is 230 g/mol. The van der Waals surface area contributed by atoms with Gasteiger partial charge in [0.05, 0.1) is 6.61 Å². The highest BCUT2D eigenvalue weighted by Gasteiger charge is 2.14. The van der Waals surface area contributed by atoms with Crippen molar-refractivity contribution < 1.29 is 9.47 Å². The van der Waals surface area contributed by atoms with E-state index >= 15 is 0 Å². The molecule has 0 radical (unpaired) electrons. The van der Waals surface area contributed by atoms with Crippen LogP contribution < -0.4 is 5.32 Å². The van der Waals surface area contributed by atoms with Gasteiger partial charge in [0.15, 0.2) is 0 Å². The molecular formula is C12H26N2O2. The zero-order chi connectivity index (χ0) is 11.6. The quantitative estimate of drug-likeness (QED) is 0.654. The van der Waals surface area contributed by atoms with Gasteiger partial charge in [-0.25, -0.2) is 0 Å². The summed E-state index contributed by atoms with van der Waals surface area (Å²) in [6.07, 6.45) is 2.25. The van der Waals surface area contributed by atoms with Crippen LogP contribution in [0.4, 0.5) is 0 Å². The molecule has 1 fully saturated rings. The van der Waals surface area contributed by atoms with Gasteiger partial charge >= 0.3 is 0 Å². The fraction of sp³-hybridized carbons (Fsp3) is 1.00. The van der Waals surface area contributed by atoms with Crippen LogP contribution in [-0.2, 0) is 9.47 Å². The van der Waals surface area contributed by atoms with E-state index in [0.29, 0.717) is 6.04 Å². The van der Waals surface area contributed by atoms with E-state index in [-0.39, 0.29) is 0 Å². The minimum atomic E-state index is 0.601. The Bertz CT molecular complexity index is 159. The lowest BCUT2D eigenvalue weighted by molar-refractivity contribution is 0.133. The molecule has 0 aromatic rings. The van der Waals surface area contributed by atoms with E-state index < -0.39 is 0 Å². The summed E-state index contributed by atoms with van der Waals surface area (Å²) in [5, 5.41) is 3.48. The summed E-state index contributed by atoms with van der Waals surface area (Å²) in [5.74, 6) is 0. The van der Waals surface area contributed by atoms with Gasteiger partial charge < -0.3 is 14.8 Å². The van der Waals surface area contributed by atoms with Crippen LogP contribution in [0.5, 0.6) is 0 Å². The van der Waals surface area contributed by atoms with Crippen LogP contribution in [-0.4, -0.2) is 64.1 Å². The minimum absolute atomic E-state index is 0.601. The maximum absolute atomic E-state index is 5.45. The zero-order valence-electron chi connectivity index (χ0n) is 10.7. The summed E-state index contributed by atoms with van der Waals surface area (Å²) in [7, 11) is 1.75. The molecule has 4 heteroatoms. The molecule has 1 saturated heterocycles. The van der Waals surface area contributed by atoms with Crippen molar-refractivity contribution in [3.63, 3.8) is 0 Å². The van der Waals surface area contributed by atoms with Crippen LogP contribution in [0.25, 0.3) is 0 Å². The fourth-order valence-electron chi connectivity index (χ4n) is 1.99. The lowest BCUT2D eigenvalue weighted by Crippen LogP contribution is -2.42. The molecule has 1 N–H and O–H groups in total. The lowest BCUT2D eigenvalue weighted by Gasteiger charge is -2.27. The summed E-state index contributed by atoms with van der Waals surface area (Å²) in [4.78, 5) is 2.51. The number of rotatable bonds is 7. The van der Waals surface area contributed by atoms with Crippen LogP contribution in [0.3, 0.4) is 0 Å². The Morgan fingerprint density at radius 3 is 3.06 bits per heavy atom. The van der Waals surface area contributed by atoms with Crippen molar-refractivity contribution in [1.82, 2.24) is 10.2 Å². The third kappa shape index (κ3) is 5.80. The summed E-state index contributed by atoms with van der Waals surface area (Å²) >= 11 is 0. The molecule has 96 valence electrons. The molecule has 1 rings (SSSR count). The first-order valence-corrected chi connectivity index (χ1v) is 6.36. The molecule has 0 amide bonds. The van der Waals surface area contributed by atoms with Gasteiger partial charge in [-0.05, 0) is 26.3 Å². The third-order valence-corrected chi connectivity index (χ3v) is 3.02. The van der Waals surface area contributed by atoms with Gasteiger partial charge in [-0.3, -0.25) is 4.90 Å². The highest BCUT2D eigenvalue weighted by molar-refractivity contribution is 4.71.